The molecule has 0 saturated carbocycles. The Hall–Kier alpha value is -1.85. The third kappa shape index (κ3) is 3.59. The van der Waals surface area contributed by atoms with Crippen LogP contribution in [-0.4, -0.2) is 6.03 Å². The molecule has 2 amide bonds. The lowest BCUT2D eigenvalue weighted by Gasteiger charge is -2.08. The number of hydrogen-bond donors (Lipinski definition) is 2. The van der Waals surface area contributed by atoms with Gasteiger partial charge in [0.2, 0.25) is 0 Å². The van der Waals surface area contributed by atoms with Crippen LogP contribution in [0.1, 0.15) is 0 Å². The molecule has 2 N–H and O–H groups in total. The first kappa shape index (κ1) is 14.6. The smallest absolute Gasteiger partial charge is 0.308 e. The van der Waals surface area contributed by atoms with E-state index in [1.54, 1.807) is 0 Å². The quantitative estimate of drug-likeness (QED) is 0.811. The summed E-state index contributed by atoms with van der Waals surface area (Å²) in [5.41, 5.74) is 0.643. The topological polar surface area (TPSA) is 41.1 Å². The highest BCUT2D eigenvalue weighted by atomic mass is 35.5. The van der Waals surface area contributed by atoms with Crippen molar-refractivity contribution in [2.45, 2.75) is 0 Å². The Kier molecular flexibility index (Phi) is 4.42. The van der Waals surface area contributed by atoms with Crippen LogP contribution < -0.4 is 10.6 Å². The van der Waals surface area contributed by atoms with Crippen LogP contribution in [0.15, 0.2) is 36.4 Å². The molecule has 0 unspecified atom stereocenters. The first-order valence-electron chi connectivity index (χ1n) is 5.44. The second-order valence-electron chi connectivity index (χ2n) is 3.84. The van der Waals surface area contributed by atoms with Crippen molar-refractivity contribution in [2.24, 2.45) is 0 Å². The molecule has 0 aliphatic rings. The number of benzene rings is 2. The van der Waals surface area contributed by atoms with Gasteiger partial charge in [0.15, 0.2) is 0 Å². The van der Waals surface area contributed by atoms with Gasteiger partial charge in [0.1, 0.15) is 11.6 Å². The van der Waals surface area contributed by atoms with Crippen molar-refractivity contribution < 1.29 is 13.6 Å². The summed E-state index contributed by atoms with van der Waals surface area (Å²) in [5.74, 6) is -1.16. The highest BCUT2D eigenvalue weighted by Gasteiger charge is 2.07. The van der Waals surface area contributed by atoms with Gasteiger partial charge in [-0.15, -0.1) is 0 Å². The molecular weight excluding hydrogens is 309 g/mol. The second kappa shape index (κ2) is 6.07. The lowest BCUT2D eigenvalue weighted by atomic mass is 10.3. The van der Waals surface area contributed by atoms with E-state index >= 15 is 0 Å². The van der Waals surface area contributed by atoms with Crippen LogP contribution in [0, 0.1) is 11.6 Å². The molecule has 0 saturated heterocycles. The van der Waals surface area contributed by atoms with Crippen LogP contribution in [0.5, 0.6) is 0 Å². The van der Waals surface area contributed by atoms with Gasteiger partial charge in [0, 0.05) is 11.4 Å². The largest absolute Gasteiger partial charge is 0.323 e. The van der Waals surface area contributed by atoms with Gasteiger partial charge in [-0.2, -0.15) is 0 Å². The number of hydrogen-bond acceptors (Lipinski definition) is 1. The first-order valence-corrected chi connectivity index (χ1v) is 6.19. The van der Waals surface area contributed by atoms with Crippen molar-refractivity contribution in [3.8, 4) is 0 Å². The average Bonchev–Trinajstić information content (AvgIpc) is 2.38. The van der Waals surface area contributed by atoms with E-state index < -0.39 is 17.7 Å². The monoisotopic (exact) mass is 316 g/mol. The van der Waals surface area contributed by atoms with E-state index in [1.165, 1.54) is 24.3 Å². The number of urea groups is 1. The van der Waals surface area contributed by atoms with Crippen molar-refractivity contribution in [3.63, 3.8) is 0 Å². The molecule has 0 aromatic heterocycles. The highest BCUT2D eigenvalue weighted by molar-refractivity contribution is 6.31. The molecule has 0 radical (unpaired) electrons. The zero-order valence-corrected chi connectivity index (χ0v) is 11.4. The molecule has 104 valence electrons. The minimum absolute atomic E-state index is 0.104. The van der Waals surface area contributed by atoms with E-state index in [0.29, 0.717) is 11.4 Å². The fourth-order valence-electron chi connectivity index (χ4n) is 1.44. The predicted octanol–water partition coefficient (Wildman–Crippen LogP) is 4.92. The van der Waals surface area contributed by atoms with Crippen molar-refractivity contribution >= 4 is 40.6 Å². The van der Waals surface area contributed by atoms with E-state index in [0.717, 1.165) is 12.1 Å². The van der Waals surface area contributed by atoms with Gasteiger partial charge in [-0.05, 0) is 36.4 Å². The van der Waals surface area contributed by atoms with Gasteiger partial charge in [0.25, 0.3) is 0 Å². The van der Waals surface area contributed by atoms with Gasteiger partial charge in [0.05, 0.1) is 10.0 Å². The molecule has 2 rings (SSSR count). The Morgan fingerprint density at radius 2 is 1.25 bits per heavy atom. The predicted molar refractivity (Wildman–Crippen MR) is 75.5 cm³/mol. The summed E-state index contributed by atoms with van der Waals surface area (Å²) in [6.45, 7) is 0. The highest BCUT2D eigenvalue weighted by Crippen LogP contribution is 2.21. The molecule has 0 bridgehead atoms. The van der Waals surface area contributed by atoms with E-state index in [9.17, 15) is 13.6 Å². The summed E-state index contributed by atoms with van der Waals surface area (Å²) in [6.07, 6.45) is 0. The molecular formula is C13H8Cl2F2N2O. The summed E-state index contributed by atoms with van der Waals surface area (Å²) < 4.78 is 25.9. The van der Waals surface area contributed by atoms with Crippen LogP contribution in [0.3, 0.4) is 0 Å². The number of anilines is 2. The van der Waals surface area contributed by atoms with Crippen LogP contribution >= 0.6 is 23.2 Å². The third-order valence-electron chi connectivity index (χ3n) is 2.35. The third-order valence-corrected chi connectivity index (χ3v) is 2.93. The van der Waals surface area contributed by atoms with Gasteiger partial charge < -0.3 is 10.6 Å². The zero-order chi connectivity index (χ0) is 14.7. The lowest BCUT2D eigenvalue weighted by Crippen LogP contribution is -2.19. The molecule has 3 nitrogen and oxygen atoms in total. The van der Waals surface area contributed by atoms with E-state index in [4.69, 9.17) is 23.2 Å². The zero-order valence-electron chi connectivity index (χ0n) is 9.88. The molecule has 0 spiro atoms. The van der Waals surface area contributed by atoms with Gasteiger partial charge in [-0.1, -0.05) is 23.2 Å². The summed E-state index contributed by atoms with van der Waals surface area (Å²) in [6, 6.07) is 6.94. The Morgan fingerprint density at radius 3 is 1.60 bits per heavy atom. The van der Waals surface area contributed by atoms with Crippen molar-refractivity contribution in [1.29, 1.82) is 0 Å². The summed E-state index contributed by atoms with van der Waals surface area (Å²) in [5, 5.41) is 4.70. The minimum Gasteiger partial charge on any atom is -0.308 e. The molecule has 0 atom stereocenters. The Balaban J connectivity index is 2.04. The van der Waals surface area contributed by atoms with Crippen molar-refractivity contribution in [1.82, 2.24) is 0 Å². The number of amides is 2. The Morgan fingerprint density at radius 1 is 0.850 bits per heavy atom. The van der Waals surface area contributed by atoms with E-state index in [-0.39, 0.29) is 10.0 Å². The van der Waals surface area contributed by atoms with Gasteiger partial charge >= 0.3 is 6.03 Å². The summed E-state index contributed by atoms with van der Waals surface area (Å²) in [4.78, 5) is 11.7. The summed E-state index contributed by atoms with van der Waals surface area (Å²) >= 11 is 11.2. The minimum atomic E-state index is -0.588. The number of nitrogens with one attached hydrogen (secondary N) is 2. The Labute approximate surface area is 123 Å². The SMILES string of the molecule is O=C(Nc1ccc(F)c(Cl)c1)Nc1ccc(F)c(Cl)c1. The lowest BCUT2D eigenvalue weighted by molar-refractivity contribution is 0.262. The van der Waals surface area contributed by atoms with E-state index in [2.05, 4.69) is 10.6 Å². The fourth-order valence-corrected chi connectivity index (χ4v) is 1.80. The maximum atomic E-state index is 13.0. The normalized spacial score (nSPS) is 10.2. The number of carbonyl (C=O) groups excluding carboxylic acids is 1. The molecule has 0 heterocycles. The molecule has 0 aliphatic carbocycles. The number of halogens is 4. The molecule has 0 fully saturated rings. The maximum Gasteiger partial charge on any atom is 0.323 e. The van der Waals surface area contributed by atoms with Crippen LogP contribution in [-0.2, 0) is 0 Å². The van der Waals surface area contributed by atoms with Crippen LogP contribution in [0.4, 0.5) is 25.0 Å². The second-order valence-corrected chi connectivity index (χ2v) is 4.65. The molecule has 2 aromatic carbocycles. The fraction of sp³-hybridized carbons (Fsp3) is 0. The van der Waals surface area contributed by atoms with E-state index in [1.807, 2.05) is 0 Å². The molecule has 0 aliphatic heterocycles. The van der Waals surface area contributed by atoms with Gasteiger partial charge in [-0.25, -0.2) is 13.6 Å². The van der Waals surface area contributed by atoms with Crippen molar-refractivity contribution in [3.05, 3.63) is 58.1 Å². The summed E-state index contributed by atoms with van der Waals surface area (Å²) in [7, 11) is 0. The molecule has 7 heteroatoms. The molecule has 20 heavy (non-hydrogen) atoms. The standard InChI is InChI=1S/C13H8Cl2F2N2O/c14-9-5-7(1-3-11(9)16)18-13(20)19-8-2-4-12(17)10(15)6-8/h1-6H,(H2,18,19,20). The van der Waals surface area contributed by atoms with Crippen LogP contribution in [0.25, 0.3) is 0 Å². The maximum absolute atomic E-state index is 13.0. The van der Waals surface area contributed by atoms with Crippen molar-refractivity contribution in [2.75, 3.05) is 10.6 Å². The average molecular weight is 317 g/mol. The molecule has 2 aromatic rings. The Bertz CT molecular complexity index is 609. The number of rotatable bonds is 2. The first-order chi connectivity index (χ1) is 9.45. The van der Waals surface area contributed by atoms with Crippen LogP contribution in [0.2, 0.25) is 10.0 Å². The van der Waals surface area contributed by atoms with Gasteiger partial charge in [-0.3, -0.25) is 0 Å². The number of carbonyl (C=O) groups is 1.